The molecule has 2 aromatic rings. The molecule has 0 atom stereocenters. The first-order chi connectivity index (χ1) is 12.1. The molecule has 142 valence electrons. The number of guanidine groups is 1. The van der Waals surface area contributed by atoms with Crippen molar-refractivity contribution < 1.29 is 4.79 Å². The molecule has 1 heterocycles. The molecule has 0 aliphatic carbocycles. The average Bonchev–Trinajstić information content (AvgIpc) is 3.02. The van der Waals surface area contributed by atoms with Crippen molar-refractivity contribution in [2.45, 2.75) is 13.0 Å². The van der Waals surface area contributed by atoms with Gasteiger partial charge in [0.1, 0.15) is 0 Å². The fraction of sp³-hybridized carbons (Fsp3) is 0.353. The van der Waals surface area contributed by atoms with Crippen LogP contribution >= 0.6 is 39.9 Å². The highest BCUT2D eigenvalue weighted by Gasteiger charge is 2.05. The third kappa shape index (κ3) is 7.32. The molecular formula is C17H24BrIN6O. The van der Waals surface area contributed by atoms with Crippen molar-refractivity contribution >= 4 is 51.8 Å². The fourth-order valence-electron chi connectivity index (χ4n) is 2.20. The SMILES string of the molecule is CN=C(NCCCNC(=O)c1cccc(Br)c1)NCc1ccnn1C.I. The number of amides is 1. The quantitative estimate of drug-likeness (QED) is 0.220. The second-order valence-electron chi connectivity index (χ2n) is 5.42. The topological polar surface area (TPSA) is 83.3 Å². The summed E-state index contributed by atoms with van der Waals surface area (Å²) in [6, 6.07) is 9.29. The number of benzene rings is 1. The van der Waals surface area contributed by atoms with Crippen LogP contribution in [0.3, 0.4) is 0 Å². The van der Waals surface area contributed by atoms with Gasteiger partial charge < -0.3 is 16.0 Å². The van der Waals surface area contributed by atoms with Crippen LogP contribution in [0.1, 0.15) is 22.5 Å². The molecule has 0 bridgehead atoms. The van der Waals surface area contributed by atoms with E-state index in [0.717, 1.165) is 22.5 Å². The van der Waals surface area contributed by atoms with Gasteiger partial charge in [-0.05, 0) is 30.7 Å². The van der Waals surface area contributed by atoms with E-state index in [1.807, 2.05) is 29.9 Å². The average molecular weight is 535 g/mol. The number of hydrogen-bond donors (Lipinski definition) is 3. The van der Waals surface area contributed by atoms with Gasteiger partial charge in [-0.1, -0.05) is 22.0 Å². The third-order valence-corrected chi connectivity index (χ3v) is 4.09. The zero-order chi connectivity index (χ0) is 18.1. The van der Waals surface area contributed by atoms with Gasteiger partial charge >= 0.3 is 0 Å². The van der Waals surface area contributed by atoms with E-state index in [9.17, 15) is 4.79 Å². The lowest BCUT2D eigenvalue weighted by Gasteiger charge is -2.12. The van der Waals surface area contributed by atoms with Crippen LogP contribution in [0, 0.1) is 0 Å². The van der Waals surface area contributed by atoms with Gasteiger partial charge in [0.05, 0.1) is 12.2 Å². The number of aliphatic imine (C=N–C) groups is 1. The summed E-state index contributed by atoms with van der Waals surface area (Å²) in [6.45, 7) is 1.96. The Balaban J connectivity index is 0.00000338. The Kier molecular flexibility index (Phi) is 10.3. The van der Waals surface area contributed by atoms with Crippen LogP contribution in [0.2, 0.25) is 0 Å². The maximum atomic E-state index is 12.0. The number of hydrogen-bond acceptors (Lipinski definition) is 3. The summed E-state index contributed by atoms with van der Waals surface area (Å²) in [6.07, 6.45) is 2.56. The first-order valence-electron chi connectivity index (χ1n) is 8.05. The van der Waals surface area contributed by atoms with Crippen LogP contribution < -0.4 is 16.0 Å². The maximum absolute atomic E-state index is 12.0. The van der Waals surface area contributed by atoms with Gasteiger partial charge in [-0.2, -0.15) is 5.10 Å². The molecule has 0 spiro atoms. The number of nitrogens with zero attached hydrogens (tertiary/aromatic N) is 3. The Hall–Kier alpha value is -1.62. The van der Waals surface area contributed by atoms with E-state index in [0.29, 0.717) is 25.2 Å². The molecule has 0 saturated heterocycles. The van der Waals surface area contributed by atoms with E-state index in [2.05, 4.69) is 42.0 Å². The lowest BCUT2D eigenvalue weighted by molar-refractivity contribution is 0.0953. The van der Waals surface area contributed by atoms with Crippen LogP contribution in [0.4, 0.5) is 0 Å². The Morgan fingerprint density at radius 3 is 2.65 bits per heavy atom. The first kappa shape index (κ1) is 22.4. The van der Waals surface area contributed by atoms with E-state index in [1.54, 1.807) is 25.4 Å². The second kappa shape index (κ2) is 11.9. The van der Waals surface area contributed by atoms with Gasteiger partial charge in [-0.15, -0.1) is 24.0 Å². The highest BCUT2D eigenvalue weighted by atomic mass is 127. The van der Waals surface area contributed by atoms with Crippen molar-refractivity contribution in [1.29, 1.82) is 0 Å². The normalized spacial score (nSPS) is 10.8. The largest absolute Gasteiger partial charge is 0.356 e. The standard InChI is InChI=1S/C17H23BrN6O.HI/c1-19-17(22-12-15-7-10-23-24(15)2)21-9-4-8-20-16(25)13-5-3-6-14(18)11-13;/h3,5-7,10-11H,4,8-9,12H2,1-2H3,(H,20,25)(H2,19,21,22);1H. The van der Waals surface area contributed by atoms with Crippen molar-refractivity contribution in [3.63, 3.8) is 0 Å². The lowest BCUT2D eigenvalue weighted by Crippen LogP contribution is -2.38. The van der Waals surface area contributed by atoms with Crippen LogP contribution in [-0.4, -0.2) is 41.8 Å². The summed E-state index contributed by atoms with van der Waals surface area (Å²) in [5.74, 6) is 0.652. The minimum Gasteiger partial charge on any atom is -0.356 e. The first-order valence-corrected chi connectivity index (χ1v) is 8.84. The van der Waals surface area contributed by atoms with Gasteiger partial charge in [0.25, 0.3) is 5.91 Å². The Morgan fingerprint density at radius 1 is 1.23 bits per heavy atom. The number of rotatable bonds is 7. The number of nitrogens with one attached hydrogen (secondary N) is 3. The fourth-order valence-corrected chi connectivity index (χ4v) is 2.60. The summed E-state index contributed by atoms with van der Waals surface area (Å²) < 4.78 is 2.71. The van der Waals surface area contributed by atoms with Gasteiger partial charge in [0.2, 0.25) is 0 Å². The molecule has 0 radical (unpaired) electrons. The molecule has 26 heavy (non-hydrogen) atoms. The van der Waals surface area contributed by atoms with Crippen molar-refractivity contribution in [2.24, 2.45) is 12.0 Å². The van der Waals surface area contributed by atoms with Crippen molar-refractivity contribution in [3.05, 3.63) is 52.3 Å². The molecule has 7 nitrogen and oxygen atoms in total. The smallest absolute Gasteiger partial charge is 0.251 e. The van der Waals surface area contributed by atoms with Gasteiger partial charge in [0.15, 0.2) is 5.96 Å². The molecule has 0 saturated carbocycles. The Labute approximate surface area is 179 Å². The summed E-state index contributed by atoms with van der Waals surface area (Å²) in [5.41, 5.74) is 1.72. The van der Waals surface area contributed by atoms with Crippen LogP contribution in [0.5, 0.6) is 0 Å². The van der Waals surface area contributed by atoms with Crippen LogP contribution in [-0.2, 0) is 13.6 Å². The van der Waals surface area contributed by atoms with Gasteiger partial charge in [-0.25, -0.2) is 0 Å². The Bertz CT molecular complexity index is 734. The van der Waals surface area contributed by atoms with E-state index in [-0.39, 0.29) is 29.9 Å². The molecule has 1 amide bonds. The number of carbonyl (C=O) groups is 1. The molecule has 0 aliphatic heterocycles. The molecule has 1 aromatic carbocycles. The summed E-state index contributed by atoms with van der Waals surface area (Å²) in [5, 5.41) is 13.5. The third-order valence-electron chi connectivity index (χ3n) is 3.60. The monoisotopic (exact) mass is 534 g/mol. The summed E-state index contributed by atoms with van der Waals surface area (Å²) in [4.78, 5) is 16.2. The zero-order valence-electron chi connectivity index (χ0n) is 14.8. The number of halogens is 2. The van der Waals surface area contributed by atoms with Gasteiger partial charge in [0, 0.05) is 43.4 Å². The number of carbonyl (C=O) groups excluding carboxylic acids is 1. The summed E-state index contributed by atoms with van der Waals surface area (Å²) >= 11 is 3.37. The maximum Gasteiger partial charge on any atom is 0.251 e. The van der Waals surface area contributed by atoms with Gasteiger partial charge in [-0.3, -0.25) is 14.5 Å². The minimum absolute atomic E-state index is 0. The molecule has 1 aromatic heterocycles. The molecule has 0 unspecified atom stereocenters. The van der Waals surface area contributed by atoms with E-state index < -0.39 is 0 Å². The van der Waals surface area contributed by atoms with Crippen molar-refractivity contribution in [3.8, 4) is 0 Å². The number of aryl methyl sites for hydroxylation is 1. The molecule has 3 N–H and O–H groups in total. The van der Waals surface area contributed by atoms with Crippen molar-refractivity contribution in [1.82, 2.24) is 25.7 Å². The summed E-state index contributed by atoms with van der Waals surface area (Å²) in [7, 11) is 3.63. The predicted octanol–water partition coefficient (Wildman–Crippen LogP) is 2.29. The molecule has 0 fully saturated rings. The second-order valence-corrected chi connectivity index (χ2v) is 6.33. The van der Waals surface area contributed by atoms with Crippen LogP contribution in [0.15, 0.2) is 46.0 Å². The molecular weight excluding hydrogens is 511 g/mol. The highest BCUT2D eigenvalue weighted by molar-refractivity contribution is 14.0. The lowest BCUT2D eigenvalue weighted by atomic mass is 10.2. The van der Waals surface area contributed by atoms with E-state index >= 15 is 0 Å². The minimum atomic E-state index is -0.0694. The molecule has 9 heteroatoms. The predicted molar refractivity (Wildman–Crippen MR) is 118 cm³/mol. The number of aromatic nitrogens is 2. The zero-order valence-corrected chi connectivity index (χ0v) is 18.7. The van der Waals surface area contributed by atoms with Crippen LogP contribution in [0.25, 0.3) is 0 Å². The molecule has 2 rings (SSSR count). The van der Waals surface area contributed by atoms with E-state index in [1.165, 1.54) is 0 Å². The highest BCUT2D eigenvalue weighted by Crippen LogP contribution is 2.11. The van der Waals surface area contributed by atoms with Crippen molar-refractivity contribution in [2.75, 3.05) is 20.1 Å². The molecule has 0 aliphatic rings. The van der Waals surface area contributed by atoms with E-state index in [4.69, 9.17) is 0 Å². The Morgan fingerprint density at radius 2 is 2.00 bits per heavy atom.